The van der Waals surface area contributed by atoms with E-state index in [1.807, 2.05) is 35.2 Å². The predicted octanol–water partition coefficient (Wildman–Crippen LogP) is 1.37. The van der Waals surface area contributed by atoms with E-state index in [0.29, 0.717) is 36.9 Å². The fraction of sp³-hybridized carbons (Fsp3) is 0.409. The minimum absolute atomic E-state index is 0.0328. The number of nitrogens with two attached hydrogens (primary N) is 1. The third kappa shape index (κ3) is 4.51. The van der Waals surface area contributed by atoms with Crippen molar-refractivity contribution in [2.75, 3.05) is 50.8 Å². The molecule has 2 N–H and O–H groups in total. The highest BCUT2D eigenvalue weighted by molar-refractivity contribution is 5.97. The normalized spacial score (nSPS) is 17.4. The summed E-state index contributed by atoms with van der Waals surface area (Å²) < 4.78 is 5.29. The maximum Gasteiger partial charge on any atom is 0.324 e. The van der Waals surface area contributed by atoms with Crippen LogP contribution in [0.3, 0.4) is 0 Å². The van der Waals surface area contributed by atoms with Crippen molar-refractivity contribution >= 4 is 17.5 Å². The van der Waals surface area contributed by atoms with Crippen molar-refractivity contribution in [1.29, 1.82) is 0 Å². The number of piperazine rings is 1. The molecule has 3 heterocycles. The van der Waals surface area contributed by atoms with Crippen LogP contribution in [0, 0.1) is 0 Å². The molecule has 2 fully saturated rings. The van der Waals surface area contributed by atoms with Crippen LogP contribution in [-0.4, -0.2) is 78.6 Å². The molecule has 0 atom stereocenters. The van der Waals surface area contributed by atoms with Crippen LogP contribution in [0.5, 0.6) is 0 Å². The minimum Gasteiger partial charge on any atom is -0.378 e. The summed E-state index contributed by atoms with van der Waals surface area (Å²) in [5.74, 6) is -0.153. The summed E-state index contributed by atoms with van der Waals surface area (Å²) in [6.07, 6.45) is 1.53. The van der Waals surface area contributed by atoms with E-state index in [-0.39, 0.29) is 18.4 Å². The van der Waals surface area contributed by atoms with Gasteiger partial charge in [0.2, 0.25) is 0 Å². The van der Waals surface area contributed by atoms with Crippen LogP contribution in [0.15, 0.2) is 48.7 Å². The standard InChI is InChI=1S/C22H27N5O3/c23-12-21(28)17-6-7-18(24-13-17)14-27(19-4-2-1-3-5-19)22(29)26-10-8-25(9-11-26)20-15-30-16-20/h1-7,13,20H,8-12,14-16,23H2. The van der Waals surface area contributed by atoms with Crippen molar-refractivity contribution < 1.29 is 14.3 Å². The summed E-state index contributed by atoms with van der Waals surface area (Å²) in [6, 6.07) is 13.6. The quantitative estimate of drug-likeness (QED) is 0.725. The lowest BCUT2D eigenvalue weighted by Crippen LogP contribution is -2.59. The van der Waals surface area contributed by atoms with Gasteiger partial charge in [-0.2, -0.15) is 0 Å². The van der Waals surface area contributed by atoms with Crippen LogP contribution in [0.1, 0.15) is 16.1 Å². The van der Waals surface area contributed by atoms with Crippen LogP contribution in [-0.2, 0) is 11.3 Å². The summed E-state index contributed by atoms with van der Waals surface area (Å²) in [7, 11) is 0. The Labute approximate surface area is 176 Å². The molecule has 8 heteroatoms. The van der Waals surface area contributed by atoms with Crippen molar-refractivity contribution in [3.05, 3.63) is 59.9 Å². The summed E-state index contributed by atoms with van der Waals surface area (Å²) in [5, 5.41) is 0. The maximum atomic E-state index is 13.4. The van der Waals surface area contributed by atoms with E-state index in [1.165, 1.54) is 6.20 Å². The van der Waals surface area contributed by atoms with E-state index in [2.05, 4.69) is 9.88 Å². The number of hydrogen-bond donors (Lipinski definition) is 1. The molecular formula is C22H27N5O3. The zero-order valence-corrected chi connectivity index (χ0v) is 16.9. The van der Waals surface area contributed by atoms with E-state index in [4.69, 9.17) is 10.5 Å². The second kappa shape index (κ2) is 9.34. The number of para-hydroxylation sites is 1. The molecule has 2 aliphatic heterocycles. The van der Waals surface area contributed by atoms with Crippen LogP contribution >= 0.6 is 0 Å². The molecule has 1 aromatic heterocycles. The van der Waals surface area contributed by atoms with Gasteiger partial charge in [0.25, 0.3) is 0 Å². The average Bonchev–Trinajstić information content (AvgIpc) is 2.77. The molecule has 0 unspecified atom stereocenters. The van der Waals surface area contributed by atoms with Crippen molar-refractivity contribution in [3.8, 4) is 0 Å². The molecule has 2 saturated heterocycles. The Morgan fingerprint density at radius 3 is 2.37 bits per heavy atom. The largest absolute Gasteiger partial charge is 0.378 e. The number of ether oxygens (including phenoxy) is 1. The number of carbonyl (C=O) groups excluding carboxylic acids is 2. The minimum atomic E-state index is -0.153. The Bertz CT molecular complexity index is 862. The highest BCUT2D eigenvalue weighted by Gasteiger charge is 2.32. The van der Waals surface area contributed by atoms with Gasteiger partial charge in [-0.1, -0.05) is 18.2 Å². The van der Waals surface area contributed by atoms with E-state index in [0.717, 1.165) is 32.0 Å². The maximum absolute atomic E-state index is 13.4. The van der Waals surface area contributed by atoms with Gasteiger partial charge >= 0.3 is 6.03 Å². The SMILES string of the molecule is NCC(=O)c1ccc(CN(C(=O)N2CCN(C3COC3)CC2)c2ccccc2)nc1. The molecular weight excluding hydrogens is 382 g/mol. The van der Waals surface area contributed by atoms with Gasteiger partial charge < -0.3 is 15.4 Å². The van der Waals surface area contributed by atoms with Crippen LogP contribution in [0.4, 0.5) is 10.5 Å². The molecule has 158 valence electrons. The number of benzene rings is 1. The molecule has 30 heavy (non-hydrogen) atoms. The molecule has 0 spiro atoms. The van der Waals surface area contributed by atoms with E-state index >= 15 is 0 Å². The Kier molecular flexibility index (Phi) is 6.37. The lowest BCUT2D eigenvalue weighted by Gasteiger charge is -2.43. The predicted molar refractivity (Wildman–Crippen MR) is 113 cm³/mol. The Balaban J connectivity index is 1.47. The number of carbonyl (C=O) groups is 2. The van der Waals surface area contributed by atoms with Gasteiger partial charge in [0, 0.05) is 43.6 Å². The first kappa shape index (κ1) is 20.5. The van der Waals surface area contributed by atoms with Gasteiger partial charge in [-0.3, -0.25) is 19.6 Å². The van der Waals surface area contributed by atoms with Gasteiger partial charge in [-0.05, 0) is 24.3 Å². The molecule has 0 aliphatic carbocycles. The number of pyridine rings is 1. The third-order valence-electron chi connectivity index (χ3n) is 5.67. The molecule has 0 saturated carbocycles. The molecule has 2 aliphatic rings. The molecule has 1 aromatic carbocycles. The Morgan fingerprint density at radius 1 is 1.07 bits per heavy atom. The fourth-order valence-electron chi connectivity index (χ4n) is 3.72. The molecule has 0 radical (unpaired) electrons. The van der Waals surface area contributed by atoms with Crippen LogP contribution in [0.25, 0.3) is 0 Å². The lowest BCUT2D eigenvalue weighted by molar-refractivity contribution is -0.0738. The summed E-state index contributed by atoms with van der Waals surface area (Å²) in [4.78, 5) is 35.6. The van der Waals surface area contributed by atoms with Gasteiger partial charge in [-0.15, -0.1) is 0 Å². The van der Waals surface area contributed by atoms with Crippen molar-refractivity contribution in [1.82, 2.24) is 14.8 Å². The lowest BCUT2D eigenvalue weighted by atomic mass is 10.1. The van der Waals surface area contributed by atoms with Gasteiger partial charge in [0.1, 0.15) is 0 Å². The van der Waals surface area contributed by atoms with Crippen molar-refractivity contribution in [3.63, 3.8) is 0 Å². The number of anilines is 1. The first-order chi connectivity index (χ1) is 14.7. The highest BCUT2D eigenvalue weighted by Crippen LogP contribution is 2.20. The van der Waals surface area contributed by atoms with Gasteiger partial charge in [-0.25, -0.2) is 4.79 Å². The zero-order chi connectivity index (χ0) is 20.9. The van der Waals surface area contributed by atoms with Crippen LogP contribution in [0.2, 0.25) is 0 Å². The molecule has 0 bridgehead atoms. The number of nitrogens with zero attached hydrogens (tertiary/aromatic N) is 4. The number of urea groups is 1. The molecule has 4 rings (SSSR count). The number of rotatable bonds is 6. The topological polar surface area (TPSA) is 92.0 Å². The summed E-state index contributed by atoms with van der Waals surface area (Å²) >= 11 is 0. The molecule has 8 nitrogen and oxygen atoms in total. The Hall–Kier alpha value is -2.81. The average molecular weight is 409 g/mol. The van der Waals surface area contributed by atoms with Crippen LogP contribution < -0.4 is 10.6 Å². The Morgan fingerprint density at radius 2 is 1.80 bits per heavy atom. The second-order valence-corrected chi connectivity index (χ2v) is 7.58. The molecule has 2 amide bonds. The first-order valence-electron chi connectivity index (χ1n) is 10.3. The monoisotopic (exact) mass is 409 g/mol. The van der Waals surface area contributed by atoms with Gasteiger partial charge in [0.05, 0.1) is 38.0 Å². The number of Topliss-reactive ketones (excluding diaryl/α,β-unsaturated/α-hetero) is 1. The second-order valence-electron chi connectivity index (χ2n) is 7.58. The molecule has 2 aromatic rings. The number of hydrogen-bond acceptors (Lipinski definition) is 6. The smallest absolute Gasteiger partial charge is 0.324 e. The fourth-order valence-corrected chi connectivity index (χ4v) is 3.72. The van der Waals surface area contributed by atoms with E-state index < -0.39 is 0 Å². The van der Waals surface area contributed by atoms with E-state index in [9.17, 15) is 9.59 Å². The number of amides is 2. The first-order valence-corrected chi connectivity index (χ1v) is 10.3. The highest BCUT2D eigenvalue weighted by atomic mass is 16.5. The number of aromatic nitrogens is 1. The van der Waals surface area contributed by atoms with Gasteiger partial charge in [0.15, 0.2) is 5.78 Å². The van der Waals surface area contributed by atoms with Crippen molar-refractivity contribution in [2.24, 2.45) is 5.73 Å². The zero-order valence-electron chi connectivity index (χ0n) is 16.9. The van der Waals surface area contributed by atoms with E-state index in [1.54, 1.807) is 17.0 Å². The summed E-state index contributed by atoms with van der Waals surface area (Å²) in [6.45, 7) is 4.96. The number of ketones is 1. The van der Waals surface area contributed by atoms with Crippen molar-refractivity contribution in [2.45, 2.75) is 12.6 Å². The summed E-state index contributed by atoms with van der Waals surface area (Å²) in [5.41, 5.74) is 7.43. The third-order valence-corrected chi connectivity index (χ3v) is 5.67.